The lowest BCUT2D eigenvalue weighted by atomic mass is 9.97. The SMILES string of the molecule is COc1c(-c2cc(N)n[nH]2)cc2c(c1Cl)CCCCC2. The van der Waals surface area contributed by atoms with Crippen molar-refractivity contribution >= 4 is 17.4 Å². The average Bonchev–Trinajstić information content (AvgIpc) is 2.73. The maximum Gasteiger partial charge on any atom is 0.147 e. The molecule has 106 valence electrons. The fraction of sp³-hybridized carbons (Fsp3) is 0.400. The number of anilines is 1. The Bertz CT molecular complexity index is 636. The van der Waals surface area contributed by atoms with Crippen LogP contribution in [0.4, 0.5) is 5.82 Å². The summed E-state index contributed by atoms with van der Waals surface area (Å²) in [5, 5.41) is 7.65. The van der Waals surface area contributed by atoms with Crippen LogP contribution in [0.1, 0.15) is 30.4 Å². The third-order valence-electron chi connectivity index (χ3n) is 3.88. The summed E-state index contributed by atoms with van der Waals surface area (Å²) < 4.78 is 5.53. The van der Waals surface area contributed by atoms with Gasteiger partial charge in [0.2, 0.25) is 0 Å². The number of hydrogen-bond acceptors (Lipinski definition) is 3. The van der Waals surface area contributed by atoms with Crippen molar-refractivity contribution in [1.29, 1.82) is 0 Å². The number of fused-ring (bicyclic) bond motifs is 1. The zero-order valence-electron chi connectivity index (χ0n) is 11.5. The molecule has 1 aromatic heterocycles. The van der Waals surface area contributed by atoms with Crippen molar-refractivity contribution in [2.24, 2.45) is 0 Å². The highest BCUT2D eigenvalue weighted by Crippen LogP contribution is 2.41. The van der Waals surface area contributed by atoms with Gasteiger partial charge in [-0.2, -0.15) is 5.10 Å². The molecule has 2 aromatic rings. The molecule has 0 amide bonds. The zero-order valence-corrected chi connectivity index (χ0v) is 12.3. The normalized spacial score (nSPS) is 14.7. The van der Waals surface area contributed by atoms with Gasteiger partial charge in [0.15, 0.2) is 0 Å². The zero-order chi connectivity index (χ0) is 14.1. The molecule has 20 heavy (non-hydrogen) atoms. The molecule has 0 spiro atoms. The van der Waals surface area contributed by atoms with Crippen molar-refractivity contribution in [3.05, 3.63) is 28.3 Å². The Morgan fingerprint density at radius 3 is 2.75 bits per heavy atom. The van der Waals surface area contributed by atoms with Crippen LogP contribution in [0.2, 0.25) is 5.02 Å². The van der Waals surface area contributed by atoms with E-state index in [2.05, 4.69) is 16.3 Å². The Morgan fingerprint density at radius 1 is 1.25 bits per heavy atom. The second-order valence-corrected chi connectivity index (χ2v) is 5.55. The van der Waals surface area contributed by atoms with Crippen LogP contribution in [-0.4, -0.2) is 17.3 Å². The first kappa shape index (κ1) is 13.3. The molecule has 3 N–H and O–H groups in total. The molecule has 1 aromatic carbocycles. The summed E-state index contributed by atoms with van der Waals surface area (Å²) in [7, 11) is 1.65. The molecular formula is C15H18ClN3O. The van der Waals surface area contributed by atoms with Gasteiger partial charge in [0.25, 0.3) is 0 Å². The molecule has 5 heteroatoms. The number of ether oxygens (including phenoxy) is 1. The molecule has 0 aliphatic heterocycles. The quantitative estimate of drug-likeness (QED) is 0.831. The van der Waals surface area contributed by atoms with Crippen LogP contribution < -0.4 is 10.5 Å². The van der Waals surface area contributed by atoms with E-state index in [0.717, 1.165) is 29.1 Å². The van der Waals surface area contributed by atoms with E-state index in [-0.39, 0.29) is 0 Å². The third-order valence-corrected chi connectivity index (χ3v) is 4.28. The summed E-state index contributed by atoms with van der Waals surface area (Å²) in [5.41, 5.74) is 10.0. The number of nitrogens with zero attached hydrogens (tertiary/aromatic N) is 1. The summed E-state index contributed by atoms with van der Waals surface area (Å²) >= 11 is 6.57. The number of H-pyrrole nitrogens is 1. The van der Waals surface area contributed by atoms with Gasteiger partial charge in [-0.15, -0.1) is 0 Å². The lowest BCUT2D eigenvalue weighted by Gasteiger charge is -2.16. The van der Waals surface area contributed by atoms with E-state index in [9.17, 15) is 0 Å². The van der Waals surface area contributed by atoms with E-state index in [1.54, 1.807) is 13.2 Å². The summed E-state index contributed by atoms with van der Waals surface area (Å²) in [6, 6.07) is 3.97. The highest BCUT2D eigenvalue weighted by molar-refractivity contribution is 6.33. The van der Waals surface area contributed by atoms with Gasteiger partial charge in [-0.3, -0.25) is 5.10 Å². The van der Waals surface area contributed by atoms with Crippen molar-refractivity contribution < 1.29 is 4.74 Å². The Labute approximate surface area is 123 Å². The fourth-order valence-corrected chi connectivity index (χ4v) is 3.28. The number of aryl methyl sites for hydroxylation is 1. The number of benzene rings is 1. The molecule has 1 aliphatic carbocycles. The highest BCUT2D eigenvalue weighted by atomic mass is 35.5. The number of nitrogens with one attached hydrogen (secondary N) is 1. The van der Waals surface area contributed by atoms with Gasteiger partial charge in [0, 0.05) is 11.6 Å². The first-order chi connectivity index (χ1) is 9.70. The first-order valence-corrected chi connectivity index (χ1v) is 7.28. The van der Waals surface area contributed by atoms with E-state index in [4.69, 9.17) is 22.1 Å². The number of nitrogens with two attached hydrogens (primary N) is 1. The van der Waals surface area contributed by atoms with Gasteiger partial charge in [0.1, 0.15) is 11.6 Å². The lowest BCUT2D eigenvalue weighted by Crippen LogP contribution is -1.99. The van der Waals surface area contributed by atoms with Crippen LogP contribution >= 0.6 is 11.6 Å². The van der Waals surface area contributed by atoms with E-state index in [0.29, 0.717) is 11.6 Å². The van der Waals surface area contributed by atoms with Crippen LogP contribution in [0, 0.1) is 0 Å². The molecule has 4 nitrogen and oxygen atoms in total. The molecular weight excluding hydrogens is 274 g/mol. The third kappa shape index (κ3) is 2.24. The molecule has 0 atom stereocenters. The second-order valence-electron chi connectivity index (χ2n) is 5.18. The Morgan fingerprint density at radius 2 is 2.05 bits per heavy atom. The van der Waals surface area contributed by atoms with Gasteiger partial charge >= 0.3 is 0 Å². The van der Waals surface area contributed by atoms with Crippen molar-refractivity contribution in [3.63, 3.8) is 0 Å². The topological polar surface area (TPSA) is 63.9 Å². The number of rotatable bonds is 2. The number of aromatic nitrogens is 2. The van der Waals surface area contributed by atoms with Crippen LogP contribution in [0.15, 0.2) is 12.1 Å². The molecule has 0 bridgehead atoms. The van der Waals surface area contributed by atoms with Crippen molar-refractivity contribution in [2.45, 2.75) is 32.1 Å². The Balaban J connectivity index is 2.19. The van der Waals surface area contributed by atoms with Crippen molar-refractivity contribution in [3.8, 4) is 17.0 Å². The predicted molar refractivity (Wildman–Crippen MR) is 81.3 cm³/mol. The van der Waals surface area contributed by atoms with Crippen LogP contribution in [0.3, 0.4) is 0 Å². The number of hydrogen-bond donors (Lipinski definition) is 2. The standard InChI is InChI=1S/C15H18ClN3O/c1-20-15-11(12-8-13(17)19-18-12)7-9-5-3-2-4-6-10(9)14(15)16/h7-8H,2-6H2,1H3,(H3,17,18,19). The molecule has 0 fully saturated rings. The lowest BCUT2D eigenvalue weighted by molar-refractivity contribution is 0.416. The van der Waals surface area contributed by atoms with Gasteiger partial charge in [-0.05, 0) is 42.9 Å². The number of halogens is 1. The smallest absolute Gasteiger partial charge is 0.147 e. The molecule has 0 saturated carbocycles. The minimum absolute atomic E-state index is 0.466. The fourth-order valence-electron chi connectivity index (χ4n) is 2.89. The second kappa shape index (κ2) is 5.37. The summed E-state index contributed by atoms with van der Waals surface area (Å²) in [5.74, 6) is 1.17. The molecule has 1 heterocycles. The maximum atomic E-state index is 6.57. The minimum Gasteiger partial charge on any atom is -0.494 e. The van der Waals surface area contributed by atoms with Gasteiger partial charge in [0.05, 0.1) is 17.8 Å². The summed E-state index contributed by atoms with van der Waals surface area (Å²) in [6.07, 6.45) is 5.73. The Kier molecular flexibility index (Phi) is 3.57. The van der Waals surface area contributed by atoms with E-state index in [1.165, 1.54) is 30.4 Å². The van der Waals surface area contributed by atoms with E-state index in [1.807, 2.05) is 0 Å². The summed E-state index contributed by atoms with van der Waals surface area (Å²) in [6.45, 7) is 0. The van der Waals surface area contributed by atoms with Crippen LogP contribution in [0.5, 0.6) is 5.75 Å². The monoisotopic (exact) mass is 291 g/mol. The molecule has 0 unspecified atom stereocenters. The van der Waals surface area contributed by atoms with Gasteiger partial charge in [-0.1, -0.05) is 18.0 Å². The van der Waals surface area contributed by atoms with E-state index < -0.39 is 0 Å². The van der Waals surface area contributed by atoms with Crippen LogP contribution in [-0.2, 0) is 12.8 Å². The predicted octanol–water partition coefficient (Wildman–Crippen LogP) is 3.59. The molecule has 3 rings (SSSR count). The van der Waals surface area contributed by atoms with Crippen LogP contribution in [0.25, 0.3) is 11.3 Å². The molecule has 0 radical (unpaired) electrons. The molecule has 1 aliphatic rings. The van der Waals surface area contributed by atoms with Gasteiger partial charge < -0.3 is 10.5 Å². The van der Waals surface area contributed by atoms with Crippen molar-refractivity contribution in [1.82, 2.24) is 10.2 Å². The van der Waals surface area contributed by atoms with Gasteiger partial charge in [-0.25, -0.2) is 0 Å². The largest absolute Gasteiger partial charge is 0.494 e. The summed E-state index contributed by atoms with van der Waals surface area (Å²) in [4.78, 5) is 0. The molecule has 0 saturated heterocycles. The number of aromatic amines is 1. The highest BCUT2D eigenvalue weighted by Gasteiger charge is 2.20. The number of methoxy groups -OCH3 is 1. The van der Waals surface area contributed by atoms with Crippen molar-refractivity contribution in [2.75, 3.05) is 12.8 Å². The first-order valence-electron chi connectivity index (χ1n) is 6.90. The Hall–Kier alpha value is -1.68. The minimum atomic E-state index is 0.466. The number of nitrogen functional groups attached to an aromatic ring is 1. The average molecular weight is 292 g/mol. The van der Waals surface area contributed by atoms with E-state index >= 15 is 0 Å². The maximum absolute atomic E-state index is 6.57.